The highest BCUT2D eigenvalue weighted by atomic mass is 16.5. The van der Waals surface area contributed by atoms with E-state index in [1.165, 1.54) is 0 Å². The number of rotatable bonds is 6. The van der Waals surface area contributed by atoms with E-state index >= 15 is 0 Å². The number of ether oxygens (including phenoxy) is 1. The Morgan fingerprint density at radius 1 is 1.24 bits per heavy atom. The van der Waals surface area contributed by atoms with Gasteiger partial charge in [0.15, 0.2) is 0 Å². The predicted octanol–water partition coefficient (Wildman–Crippen LogP) is 2.91. The van der Waals surface area contributed by atoms with Crippen LogP contribution in [-0.2, 0) is 22.4 Å². The summed E-state index contributed by atoms with van der Waals surface area (Å²) in [7, 11) is 1.62. The Bertz CT molecular complexity index is 906. The van der Waals surface area contributed by atoms with Crippen LogP contribution < -0.4 is 20.3 Å². The normalized spacial score (nSPS) is 17.8. The van der Waals surface area contributed by atoms with E-state index < -0.39 is 0 Å². The molecular weight excluding hydrogens is 366 g/mol. The molecule has 152 valence electrons. The van der Waals surface area contributed by atoms with Gasteiger partial charge in [0.05, 0.1) is 13.5 Å². The Kier molecular flexibility index (Phi) is 5.81. The maximum absolute atomic E-state index is 12.9. The van der Waals surface area contributed by atoms with Gasteiger partial charge in [0.1, 0.15) is 5.75 Å². The van der Waals surface area contributed by atoms with Gasteiger partial charge in [-0.15, -0.1) is 0 Å². The molecule has 0 aliphatic carbocycles. The van der Waals surface area contributed by atoms with Crippen molar-refractivity contribution in [2.24, 2.45) is 0 Å². The molecule has 0 radical (unpaired) electrons. The summed E-state index contributed by atoms with van der Waals surface area (Å²) in [5.41, 5.74) is 3.71. The van der Waals surface area contributed by atoms with Crippen molar-refractivity contribution in [2.45, 2.75) is 38.1 Å². The van der Waals surface area contributed by atoms with Gasteiger partial charge in [-0.25, -0.2) is 0 Å². The Labute approximate surface area is 171 Å². The number of nitrogens with zero attached hydrogens (tertiary/aromatic N) is 1. The number of fused-ring (bicyclic) bond motifs is 1. The number of amides is 2. The van der Waals surface area contributed by atoms with Gasteiger partial charge in [-0.1, -0.05) is 18.2 Å². The molecule has 2 aromatic carbocycles. The predicted molar refractivity (Wildman–Crippen MR) is 113 cm³/mol. The van der Waals surface area contributed by atoms with Crippen LogP contribution in [0.3, 0.4) is 0 Å². The average molecular weight is 393 g/mol. The molecule has 1 unspecified atom stereocenters. The van der Waals surface area contributed by atoms with Gasteiger partial charge >= 0.3 is 0 Å². The second-order valence-corrected chi connectivity index (χ2v) is 7.71. The van der Waals surface area contributed by atoms with Crippen molar-refractivity contribution < 1.29 is 14.3 Å². The summed E-state index contributed by atoms with van der Waals surface area (Å²) in [6, 6.07) is 13.7. The number of nitrogens with one attached hydrogen (secondary N) is 2. The van der Waals surface area contributed by atoms with Crippen molar-refractivity contribution >= 4 is 23.2 Å². The van der Waals surface area contributed by atoms with Gasteiger partial charge in [0, 0.05) is 30.4 Å². The van der Waals surface area contributed by atoms with Gasteiger partial charge in [-0.05, 0) is 61.2 Å². The van der Waals surface area contributed by atoms with E-state index in [4.69, 9.17) is 4.74 Å². The van der Waals surface area contributed by atoms with Crippen LogP contribution in [0, 0.1) is 0 Å². The SMILES string of the molecule is COc1cccc(CC(=O)N2CCc3ccc(NC(=O)CC4CCCN4)cc32)c1. The Hall–Kier alpha value is -2.86. The van der Waals surface area contributed by atoms with Crippen molar-refractivity contribution in [2.75, 3.05) is 30.4 Å². The van der Waals surface area contributed by atoms with Gasteiger partial charge < -0.3 is 20.3 Å². The largest absolute Gasteiger partial charge is 0.497 e. The van der Waals surface area contributed by atoms with E-state index in [0.29, 0.717) is 19.4 Å². The Balaban J connectivity index is 1.43. The second-order valence-electron chi connectivity index (χ2n) is 7.71. The van der Waals surface area contributed by atoms with E-state index in [1.807, 2.05) is 47.4 Å². The molecule has 2 aliphatic heterocycles. The molecule has 6 nitrogen and oxygen atoms in total. The minimum absolute atomic E-state index is 0.0107. The van der Waals surface area contributed by atoms with Crippen LogP contribution in [0.2, 0.25) is 0 Å². The monoisotopic (exact) mass is 393 g/mol. The lowest BCUT2D eigenvalue weighted by Gasteiger charge is -2.19. The standard InChI is InChI=1S/C23H27N3O3/c1-29-20-6-2-4-16(12-20)13-23(28)26-11-9-17-7-8-19(14-21(17)26)25-22(27)15-18-5-3-10-24-18/h2,4,6-8,12,14,18,24H,3,5,9-11,13,15H2,1H3,(H,25,27). The van der Waals surface area contributed by atoms with Crippen LogP contribution >= 0.6 is 0 Å². The van der Waals surface area contributed by atoms with Gasteiger partial charge in [0.25, 0.3) is 0 Å². The van der Waals surface area contributed by atoms with E-state index in [1.54, 1.807) is 7.11 Å². The van der Waals surface area contributed by atoms with Crippen LogP contribution in [0.4, 0.5) is 11.4 Å². The van der Waals surface area contributed by atoms with Crippen LogP contribution in [0.15, 0.2) is 42.5 Å². The fourth-order valence-corrected chi connectivity index (χ4v) is 4.14. The zero-order valence-electron chi connectivity index (χ0n) is 16.7. The fraction of sp³-hybridized carbons (Fsp3) is 0.391. The molecule has 29 heavy (non-hydrogen) atoms. The van der Waals surface area contributed by atoms with E-state index in [9.17, 15) is 9.59 Å². The highest BCUT2D eigenvalue weighted by molar-refractivity contribution is 5.98. The maximum Gasteiger partial charge on any atom is 0.231 e. The average Bonchev–Trinajstić information content (AvgIpc) is 3.37. The number of hydrogen-bond acceptors (Lipinski definition) is 4. The van der Waals surface area contributed by atoms with E-state index in [2.05, 4.69) is 10.6 Å². The van der Waals surface area contributed by atoms with E-state index in [-0.39, 0.29) is 17.9 Å². The summed E-state index contributed by atoms with van der Waals surface area (Å²) < 4.78 is 5.25. The molecule has 0 bridgehead atoms. The first-order valence-electron chi connectivity index (χ1n) is 10.2. The van der Waals surface area contributed by atoms with Crippen LogP contribution in [0.25, 0.3) is 0 Å². The quantitative estimate of drug-likeness (QED) is 0.792. The topological polar surface area (TPSA) is 70.7 Å². The molecule has 0 aromatic heterocycles. The molecule has 2 aromatic rings. The lowest BCUT2D eigenvalue weighted by atomic mass is 10.1. The van der Waals surface area contributed by atoms with Crippen molar-refractivity contribution in [1.29, 1.82) is 0 Å². The number of anilines is 2. The molecule has 0 saturated carbocycles. The molecule has 2 heterocycles. The number of carbonyl (C=O) groups is 2. The summed E-state index contributed by atoms with van der Waals surface area (Å²) in [5.74, 6) is 0.811. The molecule has 1 fully saturated rings. The molecular formula is C23H27N3O3. The van der Waals surface area contributed by atoms with Gasteiger partial charge in [-0.3, -0.25) is 9.59 Å². The van der Waals surface area contributed by atoms with Gasteiger partial charge in [-0.2, -0.15) is 0 Å². The third-order valence-electron chi connectivity index (χ3n) is 5.65. The summed E-state index contributed by atoms with van der Waals surface area (Å²) >= 11 is 0. The zero-order chi connectivity index (χ0) is 20.2. The van der Waals surface area contributed by atoms with Crippen molar-refractivity contribution in [3.8, 4) is 5.75 Å². The lowest BCUT2D eigenvalue weighted by molar-refractivity contribution is -0.118. The fourth-order valence-electron chi connectivity index (χ4n) is 4.14. The number of methoxy groups -OCH3 is 1. The first-order valence-corrected chi connectivity index (χ1v) is 10.2. The Morgan fingerprint density at radius 3 is 2.93 bits per heavy atom. The third-order valence-corrected chi connectivity index (χ3v) is 5.65. The minimum atomic E-state index is 0.0107. The molecule has 2 aliphatic rings. The van der Waals surface area contributed by atoms with Gasteiger partial charge in [0.2, 0.25) is 11.8 Å². The molecule has 0 spiro atoms. The number of carbonyl (C=O) groups excluding carboxylic acids is 2. The van der Waals surface area contributed by atoms with Crippen LogP contribution in [0.5, 0.6) is 5.75 Å². The molecule has 1 saturated heterocycles. The number of benzene rings is 2. The summed E-state index contributed by atoms with van der Waals surface area (Å²) in [5, 5.41) is 6.33. The minimum Gasteiger partial charge on any atom is -0.497 e. The first kappa shape index (κ1) is 19.5. The first-order chi connectivity index (χ1) is 14.1. The highest BCUT2D eigenvalue weighted by Gasteiger charge is 2.25. The van der Waals surface area contributed by atoms with Crippen LogP contribution in [-0.4, -0.2) is 38.1 Å². The molecule has 6 heteroatoms. The molecule has 1 atom stereocenters. The van der Waals surface area contributed by atoms with Crippen molar-refractivity contribution in [1.82, 2.24) is 5.32 Å². The third kappa shape index (κ3) is 4.59. The summed E-state index contributed by atoms with van der Waals surface area (Å²) in [4.78, 5) is 27.1. The Morgan fingerprint density at radius 2 is 2.14 bits per heavy atom. The van der Waals surface area contributed by atoms with Crippen molar-refractivity contribution in [3.63, 3.8) is 0 Å². The number of hydrogen-bond donors (Lipinski definition) is 2. The maximum atomic E-state index is 12.9. The highest BCUT2D eigenvalue weighted by Crippen LogP contribution is 2.31. The smallest absolute Gasteiger partial charge is 0.231 e. The zero-order valence-corrected chi connectivity index (χ0v) is 16.7. The van der Waals surface area contributed by atoms with E-state index in [0.717, 1.165) is 54.1 Å². The van der Waals surface area contributed by atoms with Crippen LogP contribution in [0.1, 0.15) is 30.4 Å². The molecule has 2 amide bonds. The summed E-state index contributed by atoms with van der Waals surface area (Å²) in [6.45, 7) is 1.66. The van der Waals surface area contributed by atoms with Crippen molar-refractivity contribution in [3.05, 3.63) is 53.6 Å². The molecule has 2 N–H and O–H groups in total. The molecule has 4 rings (SSSR count). The summed E-state index contributed by atoms with van der Waals surface area (Å²) in [6.07, 6.45) is 3.81. The lowest BCUT2D eigenvalue weighted by Crippen LogP contribution is -2.30. The second kappa shape index (κ2) is 8.66.